The Hall–Kier alpha value is -3.89. The van der Waals surface area contributed by atoms with E-state index in [-0.39, 0.29) is 23.7 Å². The maximum Gasteiger partial charge on any atom is 0.259 e. The molecule has 0 fully saturated rings. The van der Waals surface area contributed by atoms with Crippen LogP contribution in [-0.2, 0) is 0 Å². The van der Waals surface area contributed by atoms with E-state index in [1.165, 1.54) is 18.1 Å². The molecule has 0 radical (unpaired) electrons. The number of ether oxygens (including phenoxy) is 1. The molecule has 2 atom stereocenters. The van der Waals surface area contributed by atoms with E-state index >= 15 is 4.39 Å². The van der Waals surface area contributed by atoms with Gasteiger partial charge >= 0.3 is 0 Å². The zero-order chi connectivity index (χ0) is 26.0. The number of amidine groups is 1. The molecule has 0 spiro atoms. The zero-order valence-corrected chi connectivity index (χ0v) is 20.0. The van der Waals surface area contributed by atoms with Crippen molar-refractivity contribution >= 4 is 23.1 Å². The summed E-state index contributed by atoms with van der Waals surface area (Å²) >= 11 is 0. The summed E-state index contributed by atoms with van der Waals surface area (Å²) in [5, 5.41) is 20.4. The van der Waals surface area contributed by atoms with Gasteiger partial charge in [0.1, 0.15) is 40.7 Å². The van der Waals surface area contributed by atoms with E-state index in [4.69, 9.17) is 4.74 Å². The molecule has 3 aromatic rings. The van der Waals surface area contributed by atoms with Crippen molar-refractivity contribution in [1.82, 2.24) is 0 Å². The Balaban J connectivity index is 1.75. The van der Waals surface area contributed by atoms with Gasteiger partial charge < -0.3 is 15.3 Å². The maximum atomic E-state index is 15.3. The lowest BCUT2D eigenvalue weighted by molar-refractivity contribution is -0.761. The lowest BCUT2D eigenvalue weighted by atomic mass is 10.1. The summed E-state index contributed by atoms with van der Waals surface area (Å²) in [7, 11) is 1.42. The highest BCUT2D eigenvalue weighted by Gasteiger charge is 2.33. The molecule has 1 aliphatic heterocycles. The number of anilines is 2. The predicted molar refractivity (Wildman–Crippen MR) is 131 cm³/mol. The summed E-state index contributed by atoms with van der Waals surface area (Å²) in [6.07, 6.45) is -0.184. The van der Waals surface area contributed by atoms with Gasteiger partial charge in [-0.2, -0.15) is 0 Å². The number of nitrogens with one attached hydrogen (secondary N) is 1. The smallest absolute Gasteiger partial charge is 0.259 e. The van der Waals surface area contributed by atoms with E-state index in [9.17, 15) is 18.8 Å². The molecule has 1 aliphatic rings. The Labute approximate surface area is 206 Å². The van der Waals surface area contributed by atoms with Crippen LogP contribution in [0.2, 0.25) is 0 Å². The van der Waals surface area contributed by atoms with E-state index in [1.807, 2.05) is 30.3 Å². The van der Waals surface area contributed by atoms with Gasteiger partial charge in [0.05, 0.1) is 12.6 Å². The van der Waals surface area contributed by atoms with Crippen LogP contribution in [0.3, 0.4) is 0 Å². The number of hydrazone groups is 1. The fourth-order valence-electron chi connectivity index (χ4n) is 3.93. The molecule has 0 bridgehead atoms. The number of para-hydroxylation sites is 1. The number of hydrogen-bond acceptors (Lipinski definition) is 5. The van der Waals surface area contributed by atoms with Gasteiger partial charge in [-0.3, -0.25) is 9.44 Å². The first kappa shape index (κ1) is 25.2. The summed E-state index contributed by atoms with van der Waals surface area (Å²) < 4.78 is 48.8. The molecule has 3 aromatic carbocycles. The number of carbonyl (C=O) groups is 1. The first-order valence-electron chi connectivity index (χ1n) is 11.3. The van der Waals surface area contributed by atoms with Crippen molar-refractivity contribution in [3.05, 3.63) is 94.4 Å². The molecule has 1 N–H and O–H groups in total. The van der Waals surface area contributed by atoms with Crippen LogP contribution in [0.5, 0.6) is 5.75 Å². The van der Waals surface area contributed by atoms with Crippen LogP contribution in [0.15, 0.2) is 65.8 Å². The van der Waals surface area contributed by atoms with Gasteiger partial charge in [0.2, 0.25) is 5.84 Å². The highest BCUT2D eigenvalue weighted by molar-refractivity contribution is 6.06. The number of benzene rings is 3. The average molecular weight is 499 g/mol. The number of hydrogen-bond donors (Lipinski definition) is 1. The van der Waals surface area contributed by atoms with Crippen molar-refractivity contribution in [3.63, 3.8) is 0 Å². The third-order valence-electron chi connectivity index (χ3n) is 5.85. The molecule has 7 nitrogen and oxygen atoms in total. The predicted octanol–water partition coefficient (Wildman–Crippen LogP) is 5.94. The van der Waals surface area contributed by atoms with E-state index in [0.29, 0.717) is 12.3 Å². The van der Waals surface area contributed by atoms with Crippen molar-refractivity contribution in [3.8, 4) is 5.75 Å². The molecule has 188 valence electrons. The van der Waals surface area contributed by atoms with E-state index in [1.54, 1.807) is 13.8 Å². The molecule has 0 saturated carbocycles. The second-order valence-electron chi connectivity index (χ2n) is 8.53. The Bertz CT molecular complexity index is 1300. The number of carbonyl (C=O) groups excluding carboxylic acids is 1. The van der Waals surface area contributed by atoms with E-state index < -0.39 is 39.8 Å². The number of rotatable bonds is 7. The molecule has 1 amide bonds. The molecular formula is C26H25F3N4O3. The van der Waals surface area contributed by atoms with Gasteiger partial charge in [-0.05, 0) is 30.7 Å². The van der Waals surface area contributed by atoms with E-state index in [0.717, 1.165) is 29.8 Å². The molecule has 0 aromatic heterocycles. The lowest BCUT2D eigenvalue weighted by Crippen LogP contribution is -2.42. The van der Waals surface area contributed by atoms with Crippen molar-refractivity contribution in [1.29, 1.82) is 0 Å². The number of halogens is 3. The van der Waals surface area contributed by atoms with Crippen LogP contribution in [0, 0.1) is 22.7 Å². The zero-order valence-electron chi connectivity index (χ0n) is 20.0. The lowest BCUT2D eigenvalue weighted by Gasteiger charge is -2.33. The van der Waals surface area contributed by atoms with Crippen molar-refractivity contribution in [2.75, 3.05) is 24.0 Å². The first-order chi connectivity index (χ1) is 17.1. The SMILES string of the molecule is CCC1=NN(c2cc(O[C@@H](C)c3ccccc3)c(C(=O)Nc3c(F)cccc3F)cc2F)C[N+]1(C)[O-]. The standard InChI is InChI=1S/C26H25F3N4O3/c1-4-24-31-32(15-33(24,3)35)22-14-23(36-16(2)17-9-6-5-7-10-17)18(13-21(22)29)26(34)30-25-19(27)11-8-12-20(25)28/h5-14,16H,4,15H2,1-3H3,(H,30,34)/t16-,33?/m0/s1. The number of amides is 1. The minimum absolute atomic E-state index is 0.0442. The summed E-state index contributed by atoms with van der Waals surface area (Å²) in [5.41, 5.74) is -0.223. The Morgan fingerprint density at radius 1 is 1.11 bits per heavy atom. The van der Waals surface area contributed by atoms with Gasteiger partial charge in [-0.15, -0.1) is 5.10 Å². The minimum Gasteiger partial charge on any atom is -0.625 e. The molecule has 0 saturated heterocycles. The Morgan fingerprint density at radius 2 is 1.78 bits per heavy atom. The molecule has 0 aliphatic carbocycles. The van der Waals surface area contributed by atoms with Crippen LogP contribution < -0.4 is 15.1 Å². The molecule has 1 heterocycles. The van der Waals surface area contributed by atoms with Crippen LogP contribution in [0.25, 0.3) is 0 Å². The van der Waals surface area contributed by atoms with Gasteiger partial charge in [0.25, 0.3) is 5.91 Å². The largest absolute Gasteiger partial charge is 0.625 e. The topological polar surface area (TPSA) is 77.0 Å². The van der Waals surface area contributed by atoms with Crippen molar-refractivity contribution < 1.29 is 27.3 Å². The van der Waals surface area contributed by atoms with Crippen LogP contribution in [-0.4, -0.2) is 30.1 Å². The van der Waals surface area contributed by atoms with Gasteiger partial charge in [0, 0.05) is 12.5 Å². The van der Waals surface area contributed by atoms with Crippen molar-refractivity contribution in [2.24, 2.45) is 5.10 Å². The van der Waals surface area contributed by atoms with E-state index in [2.05, 4.69) is 10.4 Å². The van der Waals surface area contributed by atoms with Crippen molar-refractivity contribution in [2.45, 2.75) is 26.4 Å². The van der Waals surface area contributed by atoms with Crippen LogP contribution >= 0.6 is 0 Å². The summed E-state index contributed by atoms with van der Waals surface area (Å²) in [4.78, 5) is 13.1. The highest BCUT2D eigenvalue weighted by Crippen LogP contribution is 2.35. The molecule has 36 heavy (non-hydrogen) atoms. The molecular weight excluding hydrogens is 473 g/mol. The number of quaternary nitrogens is 1. The fraction of sp³-hybridized carbons (Fsp3) is 0.231. The third-order valence-corrected chi connectivity index (χ3v) is 5.85. The molecule has 4 rings (SSSR count). The highest BCUT2D eigenvalue weighted by atomic mass is 19.1. The second kappa shape index (κ2) is 10.00. The summed E-state index contributed by atoms with van der Waals surface area (Å²) in [6.45, 7) is 3.35. The maximum absolute atomic E-state index is 15.3. The Morgan fingerprint density at radius 3 is 2.39 bits per heavy atom. The quantitative estimate of drug-likeness (QED) is 0.323. The summed E-state index contributed by atoms with van der Waals surface area (Å²) in [6, 6.07) is 14.4. The number of nitrogens with zero attached hydrogens (tertiary/aromatic N) is 3. The van der Waals surface area contributed by atoms with Gasteiger partial charge in [-0.25, -0.2) is 18.2 Å². The monoisotopic (exact) mass is 498 g/mol. The fourth-order valence-corrected chi connectivity index (χ4v) is 3.93. The second-order valence-corrected chi connectivity index (χ2v) is 8.53. The van der Waals surface area contributed by atoms with Gasteiger partial charge in [-0.1, -0.05) is 43.3 Å². The summed E-state index contributed by atoms with van der Waals surface area (Å²) in [5.74, 6) is -3.51. The van der Waals surface area contributed by atoms with Crippen LogP contribution in [0.4, 0.5) is 24.5 Å². The minimum atomic E-state index is -0.980. The first-order valence-corrected chi connectivity index (χ1v) is 11.3. The average Bonchev–Trinajstić information content (AvgIpc) is 3.16. The molecule has 10 heteroatoms. The van der Waals surface area contributed by atoms with Crippen LogP contribution in [0.1, 0.15) is 42.3 Å². The molecule has 1 unspecified atom stereocenters. The normalized spacial score (nSPS) is 18.1. The Kier molecular flexibility index (Phi) is 7.00. The number of hydroxylamine groups is 3. The van der Waals surface area contributed by atoms with Gasteiger partial charge in [0.15, 0.2) is 6.67 Å². The third kappa shape index (κ3) is 5.05.